The van der Waals surface area contributed by atoms with Crippen LogP contribution in [-0.2, 0) is 10.0 Å². The van der Waals surface area contributed by atoms with Crippen LogP contribution in [0.15, 0.2) is 27.0 Å². The number of rotatable bonds is 4. The number of nitrogens with one attached hydrogen (secondary N) is 1. The van der Waals surface area contributed by atoms with Gasteiger partial charge < -0.3 is 0 Å². The van der Waals surface area contributed by atoms with Crippen molar-refractivity contribution in [3.63, 3.8) is 0 Å². The minimum atomic E-state index is -3.96. The van der Waals surface area contributed by atoms with Crippen LogP contribution in [0.4, 0.5) is 11.4 Å². The molecule has 1 N–H and O–H groups in total. The van der Waals surface area contributed by atoms with Gasteiger partial charge in [-0.15, -0.1) is 11.3 Å². The van der Waals surface area contributed by atoms with Crippen LogP contribution in [0.25, 0.3) is 0 Å². The van der Waals surface area contributed by atoms with Crippen molar-refractivity contribution in [1.29, 1.82) is 0 Å². The molecule has 11 heteroatoms. The summed E-state index contributed by atoms with van der Waals surface area (Å²) in [6, 6.07) is 4.04. The van der Waals surface area contributed by atoms with Crippen LogP contribution in [0.5, 0.6) is 0 Å². The molecular formula is C10H7BrClN3O4S2. The molecule has 2 heterocycles. The maximum atomic E-state index is 12.2. The normalized spacial score (nSPS) is 11.4. The fraction of sp³-hybridized carbons (Fsp3) is 0.100. The van der Waals surface area contributed by atoms with Crippen LogP contribution in [-0.4, -0.2) is 18.3 Å². The Morgan fingerprint density at radius 2 is 2.14 bits per heavy atom. The van der Waals surface area contributed by atoms with Crippen LogP contribution < -0.4 is 4.72 Å². The second kappa shape index (κ2) is 5.87. The average molecular weight is 413 g/mol. The van der Waals surface area contributed by atoms with Gasteiger partial charge in [0.2, 0.25) is 0 Å². The molecule has 112 valence electrons. The fourth-order valence-electron chi connectivity index (χ4n) is 1.43. The monoisotopic (exact) mass is 411 g/mol. The number of halogens is 2. The molecule has 2 rings (SSSR count). The minimum Gasteiger partial charge on any atom is -0.277 e. The quantitative estimate of drug-likeness (QED) is 0.470. The van der Waals surface area contributed by atoms with E-state index in [1.54, 1.807) is 13.0 Å². The summed E-state index contributed by atoms with van der Waals surface area (Å²) >= 11 is 9.46. The Morgan fingerprint density at radius 1 is 1.48 bits per heavy atom. The van der Waals surface area contributed by atoms with E-state index < -0.39 is 20.6 Å². The number of pyridine rings is 1. The van der Waals surface area contributed by atoms with Gasteiger partial charge in [-0.3, -0.25) is 14.8 Å². The molecule has 7 nitrogen and oxygen atoms in total. The highest BCUT2D eigenvalue weighted by molar-refractivity contribution is 9.10. The first-order chi connectivity index (χ1) is 9.70. The second-order valence-electron chi connectivity index (χ2n) is 3.85. The van der Waals surface area contributed by atoms with Crippen LogP contribution in [0.2, 0.25) is 4.34 Å². The molecule has 21 heavy (non-hydrogen) atoms. The van der Waals surface area contributed by atoms with Crippen LogP contribution in [0.1, 0.15) is 5.69 Å². The number of aryl methyl sites for hydroxylation is 1. The topological polar surface area (TPSA) is 102 Å². The number of hydrogen-bond donors (Lipinski definition) is 1. The maximum absolute atomic E-state index is 12.2. The van der Waals surface area contributed by atoms with E-state index in [2.05, 4.69) is 25.6 Å². The summed E-state index contributed by atoms with van der Waals surface area (Å²) in [5, 5.41) is 10.7. The Kier molecular flexibility index (Phi) is 4.51. The Morgan fingerprint density at radius 3 is 2.67 bits per heavy atom. The minimum absolute atomic E-state index is 0.189. The van der Waals surface area contributed by atoms with Gasteiger partial charge in [0.15, 0.2) is 4.34 Å². The van der Waals surface area contributed by atoms with E-state index in [1.165, 1.54) is 6.07 Å². The van der Waals surface area contributed by atoms with Crippen molar-refractivity contribution in [1.82, 2.24) is 4.98 Å². The van der Waals surface area contributed by atoms with E-state index in [9.17, 15) is 18.5 Å². The van der Waals surface area contributed by atoms with Crippen molar-refractivity contribution in [2.45, 2.75) is 11.1 Å². The van der Waals surface area contributed by atoms with E-state index in [4.69, 9.17) is 11.6 Å². The molecule has 0 spiro atoms. The van der Waals surface area contributed by atoms with Gasteiger partial charge in [-0.05, 0) is 35.0 Å². The third-order valence-electron chi connectivity index (χ3n) is 2.40. The molecule has 0 fully saturated rings. The summed E-state index contributed by atoms with van der Waals surface area (Å²) in [6.07, 6.45) is 0. The Hall–Kier alpha value is -1.23. The lowest BCUT2D eigenvalue weighted by molar-refractivity contribution is -0.384. The van der Waals surface area contributed by atoms with Crippen molar-refractivity contribution in [2.24, 2.45) is 0 Å². The Bertz CT molecular complexity index is 822. The predicted octanol–water partition coefficient (Wildman–Crippen LogP) is 3.58. The van der Waals surface area contributed by atoms with E-state index in [1.807, 2.05) is 0 Å². The zero-order valence-electron chi connectivity index (χ0n) is 10.3. The third kappa shape index (κ3) is 3.51. The highest BCUT2D eigenvalue weighted by atomic mass is 79.9. The molecule has 0 amide bonds. The molecule has 2 aromatic heterocycles. The third-order valence-corrected chi connectivity index (χ3v) is 6.02. The zero-order valence-corrected chi connectivity index (χ0v) is 14.3. The molecule has 0 aromatic carbocycles. The zero-order chi connectivity index (χ0) is 15.8. The SMILES string of the molecule is Cc1nc(Br)ccc1NS(=O)(=O)c1cc([N+](=O)[O-])c(Cl)s1. The summed E-state index contributed by atoms with van der Waals surface area (Å²) in [6.45, 7) is 1.63. The number of nitro groups is 1. The standard InChI is InChI=1S/C10H7BrClN3O4S2/c1-5-6(2-3-8(11)13-5)14-21(18,19)9-4-7(15(16)17)10(12)20-9/h2-4,14H,1H3. The number of hydrogen-bond acceptors (Lipinski definition) is 6. The lowest BCUT2D eigenvalue weighted by Crippen LogP contribution is -2.12. The van der Waals surface area contributed by atoms with E-state index in [0.29, 0.717) is 21.6 Å². The van der Waals surface area contributed by atoms with Gasteiger partial charge in [-0.2, -0.15) is 0 Å². The highest BCUT2D eigenvalue weighted by Gasteiger charge is 2.25. The lowest BCUT2D eigenvalue weighted by Gasteiger charge is -2.08. The van der Waals surface area contributed by atoms with Crippen molar-refractivity contribution < 1.29 is 13.3 Å². The molecule has 0 unspecified atom stereocenters. The number of nitrogens with zero attached hydrogens (tertiary/aromatic N) is 2. The van der Waals surface area contributed by atoms with Crippen molar-refractivity contribution in [3.8, 4) is 0 Å². The summed E-state index contributed by atoms with van der Waals surface area (Å²) in [5.41, 5.74) is 0.308. The van der Waals surface area contributed by atoms with Crippen molar-refractivity contribution in [2.75, 3.05) is 4.72 Å². The second-order valence-corrected chi connectivity index (χ2v) is 8.23. The van der Waals surface area contributed by atoms with Crippen molar-refractivity contribution >= 4 is 60.3 Å². The van der Waals surface area contributed by atoms with Gasteiger partial charge in [0.25, 0.3) is 15.7 Å². The van der Waals surface area contributed by atoms with Gasteiger partial charge >= 0.3 is 0 Å². The molecule has 0 aliphatic rings. The largest absolute Gasteiger partial charge is 0.300 e. The molecule has 0 saturated heterocycles. The smallest absolute Gasteiger partial charge is 0.277 e. The Balaban J connectivity index is 2.38. The molecule has 0 aliphatic heterocycles. The predicted molar refractivity (Wildman–Crippen MR) is 83.5 cm³/mol. The number of thiophene rings is 1. The first-order valence-electron chi connectivity index (χ1n) is 5.30. The van der Waals surface area contributed by atoms with Gasteiger partial charge in [0.05, 0.1) is 16.3 Å². The summed E-state index contributed by atoms with van der Waals surface area (Å²) in [5.74, 6) is 0. The number of sulfonamides is 1. The molecule has 0 atom stereocenters. The fourth-order valence-corrected chi connectivity index (χ4v) is 4.61. The van der Waals surface area contributed by atoms with E-state index in [-0.39, 0.29) is 14.2 Å². The van der Waals surface area contributed by atoms with Gasteiger partial charge in [-0.1, -0.05) is 11.6 Å². The highest BCUT2D eigenvalue weighted by Crippen LogP contribution is 2.37. The van der Waals surface area contributed by atoms with Crippen LogP contribution in [0.3, 0.4) is 0 Å². The number of anilines is 1. The van der Waals surface area contributed by atoms with E-state index >= 15 is 0 Å². The molecule has 0 bridgehead atoms. The number of aromatic nitrogens is 1. The first-order valence-corrected chi connectivity index (χ1v) is 8.77. The van der Waals surface area contributed by atoms with Gasteiger partial charge in [0.1, 0.15) is 8.81 Å². The summed E-state index contributed by atoms with van der Waals surface area (Å²) < 4.78 is 26.9. The molecule has 2 aromatic rings. The molecular weight excluding hydrogens is 406 g/mol. The van der Waals surface area contributed by atoms with Crippen LogP contribution in [0, 0.1) is 17.0 Å². The summed E-state index contributed by atoms with van der Waals surface area (Å²) in [4.78, 5) is 14.0. The molecule has 0 radical (unpaired) electrons. The van der Waals surface area contributed by atoms with Crippen LogP contribution >= 0.6 is 38.9 Å². The van der Waals surface area contributed by atoms with Crippen molar-refractivity contribution in [3.05, 3.63) is 42.9 Å². The first kappa shape index (κ1) is 16.1. The maximum Gasteiger partial charge on any atom is 0.300 e. The molecule has 0 saturated carbocycles. The van der Waals surface area contributed by atoms with E-state index in [0.717, 1.165) is 6.07 Å². The average Bonchev–Trinajstić information content (AvgIpc) is 2.76. The summed E-state index contributed by atoms with van der Waals surface area (Å²) in [7, 11) is -3.96. The lowest BCUT2D eigenvalue weighted by atomic mass is 10.3. The Labute approximate surface area is 137 Å². The molecule has 0 aliphatic carbocycles. The van der Waals surface area contributed by atoms with Gasteiger partial charge in [0, 0.05) is 6.07 Å². The van der Waals surface area contributed by atoms with Gasteiger partial charge in [-0.25, -0.2) is 13.4 Å².